The number of ether oxygens (including phenoxy) is 1. The van der Waals surface area contributed by atoms with E-state index in [0.29, 0.717) is 47.2 Å². The molecule has 4 aromatic heterocycles. The van der Waals surface area contributed by atoms with Crippen LogP contribution in [0.3, 0.4) is 0 Å². The van der Waals surface area contributed by atoms with Gasteiger partial charge in [0, 0.05) is 25.4 Å². The lowest BCUT2D eigenvalue weighted by molar-refractivity contribution is -0.0336. The van der Waals surface area contributed by atoms with Gasteiger partial charge in [-0.25, -0.2) is 19.3 Å². The number of hydrogen-bond acceptors (Lipinski definition) is 8. The minimum atomic E-state index is -1.15. The molecule has 10 nitrogen and oxygen atoms in total. The predicted molar refractivity (Wildman–Crippen MR) is 132 cm³/mol. The zero-order valence-electron chi connectivity index (χ0n) is 20.4. The number of aryl methyl sites for hydroxylation is 2. The van der Waals surface area contributed by atoms with Gasteiger partial charge in [0.2, 0.25) is 0 Å². The first-order valence-corrected chi connectivity index (χ1v) is 12.3. The van der Waals surface area contributed by atoms with Crippen molar-refractivity contribution in [2.75, 3.05) is 13.1 Å². The summed E-state index contributed by atoms with van der Waals surface area (Å²) in [5.74, 6) is 0. The smallest absolute Gasteiger partial charge is 0.410 e. The molecule has 4 aromatic rings. The summed E-state index contributed by atoms with van der Waals surface area (Å²) < 4.78 is 8.60. The Bertz CT molecular complexity index is 1500. The van der Waals surface area contributed by atoms with Crippen LogP contribution in [0, 0.1) is 13.8 Å². The number of likely N-dealkylation sites (tertiary alicyclic amines) is 1. The molecular weight excluding hydrogens is 468 g/mol. The highest BCUT2D eigenvalue weighted by atomic mass is 32.1. The van der Waals surface area contributed by atoms with Gasteiger partial charge in [-0.1, -0.05) is 11.3 Å². The molecule has 0 atom stereocenters. The highest BCUT2D eigenvalue weighted by Crippen LogP contribution is 2.37. The zero-order valence-corrected chi connectivity index (χ0v) is 21.2. The molecule has 1 aliphatic heterocycles. The number of amides is 1. The lowest BCUT2D eigenvalue weighted by Gasteiger charge is -2.37. The van der Waals surface area contributed by atoms with Crippen LogP contribution in [0.5, 0.6) is 0 Å². The number of carbonyl (C=O) groups is 1. The maximum atomic E-state index is 12.9. The third kappa shape index (κ3) is 4.41. The van der Waals surface area contributed by atoms with Gasteiger partial charge in [-0.3, -0.25) is 9.20 Å². The van der Waals surface area contributed by atoms with Crippen molar-refractivity contribution < 1.29 is 14.6 Å². The van der Waals surface area contributed by atoms with Gasteiger partial charge in [-0.05, 0) is 59.1 Å². The largest absolute Gasteiger partial charge is 0.444 e. The molecule has 1 N–H and O–H groups in total. The number of carbonyl (C=O) groups excluding carboxylic acids is 1. The number of imidazole rings is 1. The molecule has 0 spiro atoms. The van der Waals surface area contributed by atoms with Gasteiger partial charge in [0.1, 0.15) is 16.9 Å². The molecule has 0 radical (unpaired) electrons. The first-order chi connectivity index (χ1) is 16.4. The summed E-state index contributed by atoms with van der Waals surface area (Å²) in [7, 11) is 0. The average Bonchev–Trinajstić information content (AvgIpc) is 3.37. The highest BCUT2D eigenvalue weighted by Gasteiger charge is 2.38. The standard InChI is InChI=1S/C24H28N6O4S/c1-14-10-17(27-30-12-15(2)25-20(14)30)16-11-19(31)29-13-18(35-21(29)26-16)24(33)6-8-28(9-7-24)22(32)34-23(3,4)5/h10-13,33H,6-9H2,1-5H3. The molecular formula is C24H28N6O4S. The molecule has 1 amide bonds. The number of aliphatic hydroxyl groups is 1. The number of aromatic nitrogens is 5. The molecule has 184 valence electrons. The van der Waals surface area contributed by atoms with Crippen LogP contribution in [0.15, 0.2) is 29.3 Å². The van der Waals surface area contributed by atoms with Gasteiger partial charge < -0.3 is 14.7 Å². The van der Waals surface area contributed by atoms with E-state index in [9.17, 15) is 14.7 Å². The van der Waals surface area contributed by atoms with Crippen LogP contribution in [-0.4, -0.2) is 58.8 Å². The second kappa shape index (κ2) is 8.13. The van der Waals surface area contributed by atoms with E-state index in [1.807, 2.05) is 46.9 Å². The van der Waals surface area contributed by atoms with Crippen LogP contribution in [0.4, 0.5) is 4.79 Å². The molecule has 0 saturated carbocycles. The third-order valence-corrected chi connectivity index (χ3v) is 7.24. The van der Waals surface area contributed by atoms with E-state index < -0.39 is 11.2 Å². The van der Waals surface area contributed by atoms with E-state index in [2.05, 4.69) is 15.1 Å². The predicted octanol–water partition coefficient (Wildman–Crippen LogP) is 3.30. The first kappa shape index (κ1) is 23.4. The molecule has 1 saturated heterocycles. The summed E-state index contributed by atoms with van der Waals surface area (Å²) in [6.07, 6.45) is 3.80. The van der Waals surface area contributed by atoms with E-state index in [1.165, 1.54) is 21.8 Å². The van der Waals surface area contributed by atoms with Crippen molar-refractivity contribution in [1.29, 1.82) is 0 Å². The van der Waals surface area contributed by atoms with Gasteiger partial charge in [-0.2, -0.15) is 5.10 Å². The monoisotopic (exact) mass is 496 g/mol. The van der Waals surface area contributed by atoms with Crippen LogP contribution >= 0.6 is 11.3 Å². The topological polar surface area (TPSA) is 114 Å². The molecule has 11 heteroatoms. The molecule has 0 aliphatic carbocycles. The van der Waals surface area contributed by atoms with Crippen molar-refractivity contribution in [3.05, 3.63) is 51.0 Å². The quantitative estimate of drug-likeness (QED) is 0.453. The summed E-state index contributed by atoms with van der Waals surface area (Å²) in [4.78, 5) is 37.2. The molecule has 0 bridgehead atoms. The number of fused-ring (bicyclic) bond motifs is 2. The molecule has 1 aliphatic rings. The Morgan fingerprint density at radius 2 is 1.83 bits per heavy atom. The normalized spacial score (nSPS) is 16.2. The lowest BCUT2D eigenvalue weighted by Crippen LogP contribution is -2.46. The Kier molecular flexibility index (Phi) is 5.44. The van der Waals surface area contributed by atoms with Gasteiger partial charge >= 0.3 is 6.09 Å². The van der Waals surface area contributed by atoms with Crippen molar-refractivity contribution in [2.24, 2.45) is 0 Å². The van der Waals surface area contributed by atoms with E-state index in [4.69, 9.17) is 4.74 Å². The second-order valence-electron chi connectivity index (χ2n) is 10.1. The van der Waals surface area contributed by atoms with Crippen molar-refractivity contribution >= 4 is 28.0 Å². The SMILES string of the molecule is Cc1cn2nc(-c3cc(=O)n4cc(C5(O)CCN(C(=O)OC(C)(C)C)CC5)sc4n3)cc(C)c2n1. The number of thiazole rings is 1. The third-order valence-electron chi connectivity index (χ3n) is 6.06. The Labute approximate surface area is 205 Å². The molecule has 1 fully saturated rings. The Hall–Kier alpha value is -3.31. The Morgan fingerprint density at radius 1 is 1.11 bits per heavy atom. The van der Waals surface area contributed by atoms with Crippen molar-refractivity contribution in [2.45, 2.75) is 58.7 Å². The van der Waals surface area contributed by atoms with Gasteiger partial charge in [0.15, 0.2) is 10.6 Å². The molecule has 0 aromatic carbocycles. The molecule has 5 heterocycles. The summed E-state index contributed by atoms with van der Waals surface area (Å²) in [5.41, 5.74) is 1.63. The van der Waals surface area contributed by atoms with Crippen LogP contribution in [0.1, 0.15) is 49.7 Å². The van der Waals surface area contributed by atoms with E-state index >= 15 is 0 Å². The van der Waals surface area contributed by atoms with Crippen LogP contribution in [0.25, 0.3) is 22.0 Å². The molecule has 35 heavy (non-hydrogen) atoms. The minimum Gasteiger partial charge on any atom is -0.444 e. The van der Waals surface area contributed by atoms with Crippen LogP contribution in [-0.2, 0) is 10.3 Å². The summed E-state index contributed by atoms with van der Waals surface area (Å²) >= 11 is 1.28. The second-order valence-corrected chi connectivity index (χ2v) is 11.1. The number of piperidine rings is 1. The van der Waals surface area contributed by atoms with Gasteiger partial charge in [-0.15, -0.1) is 0 Å². The van der Waals surface area contributed by atoms with E-state index in [1.54, 1.807) is 15.6 Å². The summed E-state index contributed by atoms with van der Waals surface area (Å²) in [6, 6.07) is 3.32. The Balaban J connectivity index is 1.43. The molecule has 0 unspecified atom stereocenters. The molecule has 5 rings (SSSR count). The van der Waals surface area contributed by atoms with Crippen molar-refractivity contribution in [1.82, 2.24) is 28.9 Å². The maximum absolute atomic E-state index is 12.9. The fraction of sp³-hybridized carbons (Fsp3) is 0.458. The van der Waals surface area contributed by atoms with E-state index in [0.717, 1.165) is 16.9 Å². The number of hydrogen-bond donors (Lipinski definition) is 1. The van der Waals surface area contributed by atoms with Crippen molar-refractivity contribution in [3.63, 3.8) is 0 Å². The fourth-order valence-electron chi connectivity index (χ4n) is 4.25. The van der Waals surface area contributed by atoms with E-state index in [-0.39, 0.29) is 11.7 Å². The fourth-order valence-corrected chi connectivity index (χ4v) is 5.39. The number of nitrogens with zero attached hydrogens (tertiary/aromatic N) is 6. The maximum Gasteiger partial charge on any atom is 0.410 e. The van der Waals surface area contributed by atoms with Crippen LogP contribution < -0.4 is 5.56 Å². The van der Waals surface area contributed by atoms with Gasteiger partial charge in [0.05, 0.1) is 22.5 Å². The summed E-state index contributed by atoms with van der Waals surface area (Å²) in [6.45, 7) is 10.1. The Morgan fingerprint density at radius 3 is 2.51 bits per heavy atom. The number of rotatable bonds is 2. The average molecular weight is 497 g/mol. The minimum absolute atomic E-state index is 0.247. The van der Waals surface area contributed by atoms with Crippen LogP contribution in [0.2, 0.25) is 0 Å². The summed E-state index contributed by atoms with van der Waals surface area (Å²) in [5, 5.41) is 16.0. The lowest BCUT2D eigenvalue weighted by atomic mass is 9.90. The zero-order chi connectivity index (χ0) is 25.1. The first-order valence-electron chi connectivity index (χ1n) is 11.5. The van der Waals surface area contributed by atoms with Gasteiger partial charge in [0.25, 0.3) is 5.56 Å². The highest BCUT2D eigenvalue weighted by molar-refractivity contribution is 7.17. The van der Waals surface area contributed by atoms with Crippen molar-refractivity contribution in [3.8, 4) is 11.4 Å².